The van der Waals surface area contributed by atoms with Crippen molar-refractivity contribution in [1.82, 2.24) is 14.9 Å². The molecule has 1 unspecified atom stereocenters. The molecule has 3 N–H and O–H groups in total. The summed E-state index contributed by atoms with van der Waals surface area (Å²) >= 11 is 0. The van der Waals surface area contributed by atoms with Crippen LogP contribution in [-0.4, -0.2) is 39.3 Å². The number of nitrogens with two attached hydrogens (primary N) is 1. The number of anilines is 1. The topological polar surface area (TPSA) is 101 Å². The Morgan fingerprint density at radius 3 is 2.72 bits per heavy atom. The van der Waals surface area contributed by atoms with E-state index >= 15 is 4.39 Å². The normalized spacial score (nSPS) is 21.3. The molecule has 4 atom stereocenters. The number of carbonyl (C=O) groups excluding carboxylic acids is 2. The lowest BCUT2D eigenvalue weighted by Gasteiger charge is -2.32. The van der Waals surface area contributed by atoms with Crippen LogP contribution in [0.1, 0.15) is 66.6 Å². The van der Waals surface area contributed by atoms with E-state index in [1.54, 1.807) is 23.4 Å². The van der Waals surface area contributed by atoms with E-state index in [4.69, 9.17) is 5.73 Å². The fourth-order valence-electron chi connectivity index (χ4n) is 5.83. The van der Waals surface area contributed by atoms with E-state index in [9.17, 15) is 14.0 Å². The van der Waals surface area contributed by atoms with Crippen LogP contribution in [0.4, 0.5) is 14.5 Å². The summed E-state index contributed by atoms with van der Waals surface area (Å²) in [4.78, 5) is 35.3. The molecule has 39 heavy (non-hydrogen) atoms. The minimum atomic E-state index is -0.746. The van der Waals surface area contributed by atoms with Gasteiger partial charge >= 0.3 is 0 Å². The van der Waals surface area contributed by atoms with Gasteiger partial charge in [0.1, 0.15) is 23.0 Å². The summed E-state index contributed by atoms with van der Waals surface area (Å²) in [5.74, 6) is -1.28. The molecule has 5 rings (SSSR count). The van der Waals surface area contributed by atoms with Crippen molar-refractivity contribution in [3.63, 3.8) is 0 Å². The smallest absolute Gasteiger partial charge is 0.274 e. The highest BCUT2D eigenvalue weighted by molar-refractivity contribution is 7.28. The maximum Gasteiger partial charge on any atom is 0.274 e. The van der Waals surface area contributed by atoms with Gasteiger partial charge in [-0.05, 0) is 84.3 Å². The van der Waals surface area contributed by atoms with Crippen LogP contribution >= 0.6 is 9.24 Å². The lowest BCUT2D eigenvalue weighted by atomic mass is 9.76. The number of hydrogen-bond donors (Lipinski definition) is 2. The molecular weight excluding hydrogens is 519 g/mol. The summed E-state index contributed by atoms with van der Waals surface area (Å²) in [6.45, 7) is 3.09. The Bertz CT molecular complexity index is 1390. The van der Waals surface area contributed by atoms with Crippen LogP contribution in [-0.2, 0) is 11.3 Å². The molecular formula is C29H32F2N5O2P. The predicted octanol–water partition coefficient (Wildman–Crippen LogP) is 4.53. The number of carbonyl (C=O) groups is 2. The fourth-order valence-corrected chi connectivity index (χ4v) is 6.31. The molecule has 3 aromatic rings. The van der Waals surface area contributed by atoms with Crippen LogP contribution in [0.2, 0.25) is 0 Å². The van der Waals surface area contributed by atoms with Crippen molar-refractivity contribution in [3.8, 4) is 11.3 Å². The summed E-state index contributed by atoms with van der Waals surface area (Å²) in [6, 6.07) is 7.36. The molecule has 0 radical (unpaired) electrons. The average molecular weight is 552 g/mol. The molecule has 2 aromatic heterocycles. The third kappa shape index (κ3) is 5.99. The maximum atomic E-state index is 15.3. The second-order valence-electron chi connectivity index (χ2n) is 10.7. The lowest BCUT2D eigenvalue weighted by Crippen LogP contribution is -2.31. The molecule has 1 aromatic carbocycles. The maximum absolute atomic E-state index is 15.3. The van der Waals surface area contributed by atoms with Crippen molar-refractivity contribution in [2.75, 3.05) is 11.9 Å². The SMILES string of the molecule is C[C@@H]1C[C@H](N)C[C@H](c2ccncc2NC(=O)c2ccc(F)c(-c3c(F)cc(CN4CCCC4=O)cc3P)n2)C1. The van der Waals surface area contributed by atoms with E-state index in [1.807, 2.05) is 6.07 Å². The number of halogens is 2. The van der Waals surface area contributed by atoms with Gasteiger partial charge in [-0.15, -0.1) is 9.24 Å². The molecule has 204 valence electrons. The summed E-state index contributed by atoms with van der Waals surface area (Å²) in [5, 5.41) is 3.26. The summed E-state index contributed by atoms with van der Waals surface area (Å²) in [6.07, 6.45) is 7.30. The van der Waals surface area contributed by atoms with Gasteiger partial charge in [-0.1, -0.05) is 6.92 Å². The number of nitrogens with one attached hydrogen (secondary N) is 1. The average Bonchev–Trinajstić information content (AvgIpc) is 3.28. The highest BCUT2D eigenvalue weighted by Gasteiger charge is 2.28. The predicted molar refractivity (Wildman–Crippen MR) is 150 cm³/mol. The van der Waals surface area contributed by atoms with E-state index in [0.29, 0.717) is 35.4 Å². The van der Waals surface area contributed by atoms with Gasteiger partial charge in [0.05, 0.1) is 11.9 Å². The first-order valence-electron chi connectivity index (χ1n) is 13.2. The van der Waals surface area contributed by atoms with Crippen LogP contribution in [0.5, 0.6) is 0 Å². The van der Waals surface area contributed by atoms with Gasteiger partial charge in [0.25, 0.3) is 5.91 Å². The van der Waals surface area contributed by atoms with Gasteiger partial charge in [-0.2, -0.15) is 0 Å². The first kappa shape index (κ1) is 27.3. The lowest BCUT2D eigenvalue weighted by molar-refractivity contribution is -0.128. The number of amides is 2. The van der Waals surface area contributed by atoms with Crippen molar-refractivity contribution in [3.05, 3.63) is 71.2 Å². The molecule has 2 fully saturated rings. The molecule has 0 spiro atoms. The van der Waals surface area contributed by atoms with E-state index in [-0.39, 0.29) is 41.4 Å². The largest absolute Gasteiger partial charge is 0.338 e. The van der Waals surface area contributed by atoms with Crippen LogP contribution < -0.4 is 16.4 Å². The fraction of sp³-hybridized carbons (Fsp3) is 0.379. The molecule has 1 saturated carbocycles. The number of benzene rings is 1. The molecule has 0 bridgehead atoms. The number of nitrogens with zero attached hydrogens (tertiary/aromatic N) is 3. The number of pyridine rings is 2. The Morgan fingerprint density at radius 1 is 1.18 bits per heavy atom. The van der Waals surface area contributed by atoms with Crippen LogP contribution in [0.25, 0.3) is 11.3 Å². The van der Waals surface area contributed by atoms with Gasteiger partial charge in [-0.25, -0.2) is 13.8 Å². The molecule has 1 aliphatic carbocycles. The zero-order valence-electron chi connectivity index (χ0n) is 21.8. The molecule has 2 aliphatic rings. The third-order valence-corrected chi connectivity index (χ3v) is 8.02. The molecule has 7 nitrogen and oxygen atoms in total. The first-order chi connectivity index (χ1) is 18.7. The minimum absolute atomic E-state index is 0.0360. The van der Waals surface area contributed by atoms with Crippen LogP contribution in [0, 0.1) is 17.6 Å². The monoisotopic (exact) mass is 551 g/mol. The number of aromatic nitrogens is 2. The summed E-state index contributed by atoms with van der Waals surface area (Å²) < 4.78 is 30.2. The molecule has 1 aliphatic heterocycles. The Morgan fingerprint density at radius 2 is 2.00 bits per heavy atom. The van der Waals surface area contributed by atoms with Gasteiger partial charge in [0, 0.05) is 37.3 Å². The summed E-state index contributed by atoms with van der Waals surface area (Å²) in [5.41, 5.74) is 8.02. The minimum Gasteiger partial charge on any atom is -0.338 e. The van der Waals surface area contributed by atoms with Crippen molar-refractivity contribution in [1.29, 1.82) is 0 Å². The summed E-state index contributed by atoms with van der Waals surface area (Å²) in [7, 11) is 2.41. The molecule has 2 amide bonds. The Balaban J connectivity index is 1.40. The van der Waals surface area contributed by atoms with Crippen molar-refractivity contribution in [2.24, 2.45) is 11.7 Å². The van der Waals surface area contributed by atoms with Crippen molar-refractivity contribution >= 4 is 32.0 Å². The van der Waals surface area contributed by atoms with Gasteiger partial charge in [0.15, 0.2) is 0 Å². The van der Waals surface area contributed by atoms with Gasteiger partial charge in [-0.3, -0.25) is 14.6 Å². The van der Waals surface area contributed by atoms with Gasteiger partial charge < -0.3 is 16.0 Å². The van der Waals surface area contributed by atoms with E-state index in [0.717, 1.165) is 37.3 Å². The van der Waals surface area contributed by atoms with E-state index in [2.05, 4.69) is 31.4 Å². The number of likely N-dealkylation sites (tertiary alicyclic amines) is 1. The zero-order valence-corrected chi connectivity index (χ0v) is 22.9. The highest BCUT2D eigenvalue weighted by atomic mass is 31.0. The molecule has 10 heteroatoms. The zero-order chi connectivity index (χ0) is 27.7. The Kier molecular flexibility index (Phi) is 8.01. The van der Waals surface area contributed by atoms with Gasteiger partial charge in [0.2, 0.25) is 5.91 Å². The third-order valence-electron chi connectivity index (χ3n) is 7.56. The van der Waals surface area contributed by atoms with E-state index < -0.39 is 17.5 Å². The number of hydrogen-bond acceptors (Lipinski definition) is 5. The Hall–Kier alpha value is -3.29. The second kappa shape index (κ2) is 11.4. The molecule has 1 saturated heterocycles. The van der Waals surface area contributed by atoms with Crippen molar-refractivity contribution in [2.45, 2.75) is 57.5 Å². The standard InChI is InChI=1S/C29H32F2N5O2P/c1-16-9-18(13-19(32)10-16)20-6-7-33-14-24(20)35-29(38)23-5-4-21(30)28(34-23)27-22(31)11-17(12-25(27)39)15-36-8-2-3-26(36)37/h4-7,11-12,14,16,18-19H,2-3,8-10,13,15,32,39H2,1H3,(H,35,38)/t16-,18+,19-/m0/s1. The quantitative estimate of drug-likeness (QED) is 0.439. The van der Waals surface area contributed by atoms with E-state index in [1.165, 1.54) is 12.1 Å². The number of rotatable bonds is 6. The van der Waals surface area contributed by atoms with Crippen LogP contribution in [0.3, 0.4) is 0 Å². The van der Waals surface area contributed by atoms with Crippen molar-refractivity contribution < 1.29 is 18.4 Å². The second-order valence-corrected chi connectivity index (χ2v) is 11.3. The Labute approximate surface area is 228 Å². The molecule has 3 heterocycles. The van der Waals surface area contributed by atoms with Crippen LogP contribution in [0.15, 0.2) is 42.7 Å². The first-order valence-corrected chi connectivity index (χ1v) is 13.8. The highest BCUT2D eigenvalue weighted by Crippen LogP contribution is 2.38.